The van der Waals surface area contributed by atoms with E-state index in [-0.39, 0.29) is 6.42 Å². The van der Waals surface area contributed by atoms with Crippen molar-refractivity contribution >= 4 is 17.7 Å². The number of thioether (sulfide) groups is 1. The van der Waals surface area contributed by atoms with Gasteiger partial charge in [-0.3, -0.25) is 4.79 Å². The van der Waals surface area contributed by atoms with E-state index in [0.29, 0.717) is 0 Å². The van der Waals surface area contributed by atoms with Gasteiger partial charge >= 0.3 is 5.97 Å². The Labute approximate surface area is 122 Å². The van der Waals surface area contributed by atoms with Crippen LogP contribution in [0.4, 0.5) is 0 Å². The summed E-state index contributed by atoms with van der Waals surface area (Å²) in [6.07, 6.45) is 0.0631. The molecule has 0 amide bonds. The molecule has 0 saturated carbocycles. The molecule has 0 aliphatic carbocycles. The van der Waals surface area contributed by atoms with Crippen molar-refractivity contribution in [3.8, 4) is 0 Å². The van der Waals surface area contributed by atoms with Crippen LogP contribution in [0, 0.1) is 13.8 Å². The first-order valence-corrected chi connectivity index (χ1v) is 7.26. The molecule has 4 nitrogen and oxygen atoms in total. The standard InChI is InChI=1S/C15H16N2O2S/c1-10-7-11(2)17-15(16-10)20-9-13-5-3-12(4-6-13)8-14(18)19/h3-7H,8-9H2,1-2H3,(H,18,19). The van der Waals surface area contributed by atoms with E-state index in [1.807, 2.05) is 44.2 Å². The Kier molecular flexibility index (Phi) is 4.74. The molecule has 20 heavy (non-hydrogen) atoms. The molecule has 2 rings (SSSR count). The van der Waals surface area contributed by atoms with Crippen molar-refractivity contribution in [3.05, 3.63) is 52.8 Å². The van der Waals surface area contributed by atoms with Gasteiger partial charge in [0.15, 0.2) is 5.16 Å². The van der Waals surface area contributed by atoms with Gasteiger partial charge in [-0.05, 0) is 31.0 Å². The molecule has 2 aromatic rings. The number of carbonyl (C=O) groups is 1. The first kappa shape index (κ1) is 14.5. The highest BCUT2D eigenvalue weighted by Gasteiger charge is 2.03. The summed E-state index contributed by atoms with van der Waals surface area (Å²) >= 11 is 1.58. The second-order valence-electron chi connectivity index (χ2n) is 4.61. The van der Waals surface area contributed by atoms with E-state index in [1.54, 1.807) is 11.8 Å². The van der Waals surface area contributed by atoms with Crippen molar-refractivity contribution in [2.45, 2.75) is 31.2 Å². The fraction of sp³-hybridized carbons (Fsp3) is 0.267. The van der Waals surface area contributed by atoms with Crippen molar-refractivity contribution in [2.75, 3.05) is 0 Å². The van der Waals surface area contributed by atoms with Crippen molar-refractivity contribution in [1.29, 1.82) is 0 Å². The molecule has 1 aromatic carbocycles. The molecule has 0 radical (unpaired) electrons. The second-order valence-corrected chi connectivity index (χ2v) is 5.55. The summed E-state index contributed by atoms with van der Waals surface area (Å²) < 4.78 is 0. The van der Waals surface area contributed by atoms with E-state index >= 15 is 0 Å². The minimum absolute atomic E-state index is 0.0631. The zero-order valence-corrected chi connectivity index (χ0v) is 12.3. The van der Waals surface area contributed by atoms with Gasteiger partial charge in [-0.15, -0.1) is 0 Å². The van der Waals surface area contributed by atoms with Gasteiger partial charge in [-0.2, -0.15) is 0 Å². The van der Waals surface area contributed by atoms with Crippen LogP contribution in [0.1, 0.15) is 22.5 Å². The van der Waals surface area contributed by atoms with E-state index in [2.05, 4.69) is 9.97 Å². The SMILES string of the molecule is Cc1cc(C)nc(SCc2ccc(CC(=O)O)cc2)n1. The molecule has 0 unspecified atom stereocenters. The van der Waals surface area contributed by atoms with Gasteiger partial charge in [0.2, 0.25) is 0 Å². The minimum Gasteiger partial charge on any atom is -0.481 e. The normalized spacial score (nSPS) is 10.5. The molecule has 0 aliphatic rings. The Bertz CT molecular complexity index is 592. The molecular weight excluding hydrogens is 272 g/mol. The summed E-state index contributed by atoms with van der Waals surface area (Å²) in [4.78, 5) is 19.4. The number of aliphatic carboxylic acids is 1. The zero-order valence-electron chi connectivity index (χ0n) is 11.5. The lowest BCUT2D eigenvalue weighted by Crippen LogP contribution is -1.99. The molecule has 0 saturated heterocycles. The highest BCUT2D eigenvalue weighted by Crippen LogP contribution is 2.20. The molecule has 0 atom stereocenters. The number of hydrogen-bond donors (Lipinski definition) is 1. The lowest BCUT2D eigenvalue weighted by Gasteiger charge is -2.04. The number of benzene rings is 1. The van der Waals surface area contributed by atoms with Crippen LogP contribution in [-0.2, 0) is 17.0 Å². The third-order valence-electron chi connectivity index (χ3n) is 2.71. The molecule has 5 heteroatoms. The van der Waals surface area contributed by atoms with E-state index < -0.39 is 5.97 Å². The number of carboxylic acids is 1. The third-order valence-corrected chi connectivity index (χ3v) is 3.63. The maximum atomic E-state index is 10.6. The van der Waals surface area contributed by atoms with Gasteiger partial charge < -0.3 is 5.11 Å². The summed E-state index contributed by atoms with van der Waals surface area (Å²) in [6.45, 7) is 3.92. The fourth-order valence-corrected chi connectivity index (χ4v) is 2.74. The number of rotatable bonds is 5. The summed E-state index contributed by atoms with van der Waals surface area (Å²) in [5, 5.41) is 9.49. The van der Waals surface area contributed by atoms with Crippen molar-refractivity contribution in [1.82, 2.24) is 9.97 Å². The average molecular weight is 288 g/mol. The van der Waals surface area contributed by atoms with Crippen LogP contribution in [0.2, 0.25) is 0 Å². The summed E-state index contributed by atoms with van der Waals surface area (Å²) in [6, 6.07) is 9.56. The van der Waals surface area contributed by atoms with E-state index in [9.17, 15) is 4.79 Å². The van der Waals surface area contributed by atoms with Gasteiger partial charge in [0, 0.05) is 17.1 Å². The summed E-state index contributed by atoms with van der Waals surface area (Å²) in [7, 11) is 0. The largest absolute Gasteiger partial charge is 0.481 e. The van der Waals surface area contributed by atoms with Crippen molar-refractivity contribution < 1.29 is 9.90 Å². The van der Waals surface area contributed by atoms with Gasteiger partial charge in [0.05, 0.1) is 6.42 Å². The predicted octanol–water partition coefficient (Wildman–Crippen LogP) is 3.01. The topological polar surface area (TPSA) is 63.1 Å². The van der Waals surface area contributed by atoms with Crippen LogP contribution in [0.5, 0.6) is 0 Å². The molecular formula is C15H16N2O2S. The van der Waals surface area contributed by atoms with Gasteiger partial charge in [0.1, 0.15) is 0 Å². The molecule has 0 bridgehead atoms. The quantitative estimate of drug-likeness (QED) is 0.677. The lowest BCUT2D eigenvalue weighted by atomic mass is 10.1. The summed E-state index contributed by atoms with van der Waals surface area (Å²) in [5.41, 5.74) is 3.88. The maximum absolute atomic E-state index is 10.6. The number of aryl methyl sites for hydroxylation is 2. The Hall–Kier alpha value is -1.88. The molecule has 0 fully saturated rings. The monoisotopic (exact) mass is 288 g/mol. The lowest BCUT2D eigenvalue weighted by molar-refractivity contribution is -0.136. The molecule has 1 N–H and O–H groups in total. The second kappa shape index (κ2) is 6.52. The average Bonchev–Trinajstić information content (AvgIpc) is 2.36. The maximum Gasteiger partial charge on any atom is 0.307 e. The smallest absolute Gasteiger partial charge is 0.307 e. The Morgan fingerprint density at radius 2 is 1.65 bits per heavy atom. The number of aromatic nitrogens is 2. The molecule has 0 aliphatic heterocycles. The van der Waals surface area contributed by atoms with Gasteiger partial charge in [-0.1, -0.05) is 36.0 Å². The van der Waals surface area contributed by atoms with Crippen LogP contribution in [-0.4, -0.2) is 21.0 Å². The Morgan fingerprint density at radius 1 is 1.10 bits per heavy atom. The number of nitrogens with zero attached hydrogens (tertiary/aromatic N) is 2. The van der Waals surface area contributed by atoms with Crippen LogP contribution < -0.4 is 0 Å². The fourth-order valence-electron chi connectivity index (χ4n) is 1.83. The molecule has 104 valence electrons. The van der Waals surface area contributed by atoms with E-state index in [1.165, 1.54) is 0 Å². The number of carboxylic acid groups (broad SMARTS) is 1. The van der Waals surface area contributed by atoms with Crippen molar-refractivity contribution in [3.63, 3.8) is 0 Å². The van der Waals surface area contributed by atoms with Crippen molar-refractivity contribution in [2.24, 2.45) is 0 Å². The highest BCUT2D eigenvalue weighted by atomic mass is 32.2. The molecule has 0 spiro atoms. The van der Waals surface area contributed by atoms with Crippen LogP contribution in [0.15, 0.2) is 35.5 Å². The first-order valence-electron chi connectivity index (χ1n) is 6.27. The Morgan fingerprint density at radius 3 is 2.20 bits per heavy atom. The van der Waals surface area contributed by atoms with Crippen LogP contribution >= 0.6 is 11.8 Å². The zero-order chi connectivity index (χ0) is 14.5. The van der Waals surface area contributed by atoms with Crippen LogP contribution in [0.25, 0.3) is 0 Å². The predicted molar refractivity (Wildman–Crippen MR) is 78.8 cm³/mol. The Balaban J connectivity index is 1.98. The molecule has 1 heterocycles. The van der Waals surface area contributed by atoms with Crippen LogP contribution in [0.3, 0.4) is 0 Å². The highest BCUT2D eigenvalue weighted by molar-refractivity contribution is 7.98. The van der Waals surface area contributed by atoms with Gasteiger partial charge in [0.25, 0.3) is 0 Å². The van der Waals surface area contributed by atoms with E-state index in [0.717, 1.165) is 33.4 Å². The third kappa shape index (κ3) is 4.35. The van der Waals surface area contributed by atoms with Gasteiger partial charge in [-0.25, -0.2) is 9.97 Å². The molecule has 1 aromatic heterocycles. The summed E-state index contributed by atoms with van der Waals surface area (Å²) in [5.74, 6) is -0.0354. The minimum atomic E-state index is -0.809. The van der Waals surface area contributed by atoms with E-state index in [4.69, 9.17) is 5.11 Å². The first-order chi connectivity index (χ1) is 9.52. The number of hydrogen-bond acceptors (Lipinski definition) is 4.